The Balaban J connectivity index is 2.13. The van der Waals surface area contributed by atoms with Crippen LogP contribution in [0.2, 0.25) is 0 Å². The molecule has 0 radical (unpaired) electrons. The second kappa shape index (κ2) is 8.58. The molecule has 1 aromatic rings. The van der Waals surface area contributed by atoms with Gasteiger partial charge < -0.3 is 26.1 Å². The standard InChI is InChI=1S/C13H15ClN6O5S/c1-15-10(22)8-9(12(24)18-8)19-11(23)7(20-25-2)5-4-26-13(16-5)17-6(21)3-14/h4,8-9H,3H2,1-2H3,(H,15,22)(H,18,24)(H,19,23)(H,16,17,21)/b20-7-/t8-,9-/m1/s1. The minimum atomic E-state index is -1.04. The summed E-state index contributed by atoms with van der Waals surface area (Å²) in [5, 5.41) is 14.9. The Kier molecular flexibility index (Phi) is 6.46. The second-order valence-corrected chi connectivity index (χ2v) is 6.02. The van der Waals surface area contributed by atoms with Crippen molar-refractivity contribution in [2.24, 2.45) is 5.16 Å². The van der Waals surface area contributed by atoms with Crippen LogP contribution in [-0.4, -0.2) is 66.4 Å². The van der Waals surface area contributed by atoms with Gasteiger partial charge in [0.1, 0.15) is 30.8 Å². The van der Waals surface area contributed by atoms with E-state index in [0.717, 1.165) is 11.3 Å². The highest BCUT2D eigenvalue weighted by molar-refractivity contribution is 7.14. The molecule has 26 heavy (non-hydrogen) atoms. The van der Waals surface area contributed by atoms with Crippen LogP contribution < -0.4 is 21.3 Å². The van der Waals surface area contributed by atoms with E-state index in [9.17, 15) is 19.2 Å². The van der Waals surface area contributed by atoms with Crippen LogP contribution in [0.25, 0.3) is 0 Å². The second-order valence-electron chi connectivity index (χ2n) is 4.89. The smallest absolute Gasteiger partial charge is 0.276 e. The predicted octanol–water partition coefficient (Wildman–Crippen LogP) is -1.60. The zero-order valence-corrected chi connectivity index (χ0v) is 15.2. The molecule has 1 saturated heterocycles. The zero-order chi connectivity index (χ0) is 19.3. The predicted molar refractivity (Wildman–Crippen MR) is 92.9 cm³/mol. The van der Waals surface area contributed by atoms with Crippen molar-refractivity contribution < 1.29 is 24.0 Å². The van der Waals surface area contributed by atoms with Crippen LogP contribution in [0.3, 0.4) is 0 Å². The van der Waals surface area contributed by atoms with Gasteiger partial charge in [-0.15, -0.1) is 22.9 Å². The molecular formula is C13H15ClN6O5S. The normalized spacial score (nSPS) is 19.0. The highest BCUT2D eigenvalue weighted by atomic mass is 35.5. The van der Waals surface area contributed by atoms with Crippen LogP contribution in [0.5, 0.6) is 0 Å². The molecule has 0 spiro atoms. The first-order chi connectivity index (χ1) is 12.4. The number of rotatable bonds is 7. The number of hydrogen-bond acceptors (Lipinski definition) is 8. The van der Waals surface area contributed by atoms with Gasteiger partial charge in [-0.1, -0.05) is 5.16 Å². The quantitative estimate of drug-likeness (QED) is 0.187. The Morgan fingerprint density at radius 3 is 2.77 bits per heavy atom. The average Bonchev–Trinajstić information content (AvgIpc) is 3.08. The van der Waals surface area contributed by atoms with Crippen molar-refractivity contribution in [3.05, 3.63) is 11.1 Å². The summed E-state index contributed by atoms with van der Waals surface area (Å²) in [7, 11) is 2.65. The molecule has 140 valence electrons. The lowest BCUT2D eigenvalue weighted by atomic mass is 9.98. The van der Waals surface area contributed by atoms with Crippen molar-refractivity contribution in [1.82, 2.24) is 20.9 Å². The maximum Gasteiger partial charge on any atom is 0.276 e. The first kappa shape index (κ1) is 19.6. The van der Waals surface area contributed by atoms with Gasteiger partial charge in [0.15, 0.2) is 10.8 Å². The number of carbonyl (C=O) groups is 4. The SMILES string of the molecule is CNC(=O)[C@@H]1NC(=O)[C@@H]1NC(=O)/C(=N\OC)c1csc(NC(=O)CCl)n1. The maximum atomic E-state index is 12.4. The van der Waals surface area contributed by atoms with E-state index in [4.69, 9.17) is 11.6 Å². The number of likely N-dealkylation sites (N-methyl/N-ethyl adjacent to an activating group) is 1. The molecule has 1 aliphatic rings. The fourth-order valence-corrected chi connectivity index (χ4v) is 2.78. The van der Waals surface area contributed by atoms with Crippen molar-refractivity contribution in [3.8, 4) is 0 Å². The molecule has 4 amide bonds. The Bertz CT molecular complexity index is 766. The Labute approximate surface area is 156 Å². The van der Waals surface area contributed by atoms with E-state index in [2.05, 4.69) is 36.2 Å². The summed E-state index contributed by atoms with van der Waals surface area (Å²) in [5.74, 6) is -2.41. The van der Waals surface area contributed by atoms with Gasteiger partial charge in [-0.2, -0.15) is 0 Å². The molecule has 2 rings (SSSR count). The molecule has 2 heterocycles. The zero-order valence-electron chi connectivity index (χ0n) is 13.7. The Morgan fingerprint density at radius 1 is 1.46 bits per heavy atom. The number of anilines is 1. The summed E-state index contributed by atoms with van der Waals surface area (Å²) in [6.45, 7) is 0. The van der Waals surface area contributed by atoms with Gasteiger partial charge in [0, 0.05) is 12.4 Å². The molecule has 4 N–H and O–H groups in total. The van der Waals surface area contributed by atoms with Crippen LogP contribution in [0.1, 0.15) is 5.69 Å². The Hall–Kier alpha value is -2.73. The van der Waals surface area contributed by atoms with Crippen molar-refractivity contribution in [3.63, 3.8) is 0 Å². The van der Waals surface area contributed by atoms with Crippen LogP contribution in [-0.2, 0) is 24.0 Å². The number of nitrogens with zero attached hydrogens (tertiary/aromatic N) is 2. The first-order valence-corrected chi connectivity index (χ1v) is 8.58. The summed E-state index contributed by atoms with van der Waals surface area (Å²) in [6, 6.07) is -1.92. The summed E-state index contributed by atoms with van der Waals surface area (Å²) in [5.41, 5.74) is -0.0964. The molecule has 11 nitrogen and oxygen atoms in total. The lowest BCUT2D eigenvalue weighted by Gasteiger charge is -2.35. The fraction of sp³-hybridized carbons (Fsp3) is 0.385. The lowest BCUT2D eigenvalue weighted by molar-refractivity contribution is -0.141. The van der Waals surface area contributed by atoms with E-state index in [1.54, 1.807) is 0 Å². The van der Waals surface area contributed by atoms with Gasteiger partial charge in [-0.05, 0) is 0 Å². The van der Waals surface area contributed by atoms with Gasteiger partial charge in [-0.25, -0.2) is 4.98 Å². The van der Waals surface area contributed by atoms with Gasteiger partial charge in [0.25, 0.3) is 5.91 Å². The number of alkyl halides is 1. The summed E-state index contributed by atoms with van der Waals surface area (Å²) < 4.78 is 0. The number of oxime groups is 1. The van der Waals surface area contributed by atoms with Crippen LogP contribution in [0, 0.1) is 0 Å². The van der Waals surface area contributed by atoms with Crippen LogP contribution in [0.15, 0.2) is 10.5 Å². The molecule has 1 aromatic heterocycles. The fourth-order valence-electron chi connectivity index (χ4n) is 2.00. The molecule has 0 saturated carbocycles. The van der Waals surface area contributed by atoms with E-state index in [-0.39, 0.29) is 22.4 Å². The van der Waals surface area contributed by atoms with Crippen molar-refractivity contribution in [2.45, 2.75) is 12.1 Å². The van der Waals surface area contributed by atoms with Crippen LogP contribution in [0.4, 0.5) is 5.13 Å². The van der Waals surface area contributed by atoms with E-state index >= 15 is 0 Å². The largest absolute Gasteiger partial charge is 0.398 e. The molecule has 0 aromatic carbocycles. The molecule has 0 aliphatic carbocycles. The molecule has 13 heteroatoms. The number of thiazole rings is 1. The number of β-lactam (4-membered cyclic amide) rings is 1. The number of amides is 4. The molecule has 0 bridgehead atoms. The van der Waals surface area contributed by atoms with Crippen molar-refractivity contribution in [1.29, 1.82) is 0 Å². The first-order valence-electron chi connectivity index (χ1n) is 7.17. The summed E-state index contributed by atoms with van der Waals surface area (Å²) >= 11 is 6.45. The highest BCUT2D eigenvalue weighted by Gasteiger charge is 2.45. The third kappa shape index (κ3) is 4.26. The van der Waals surface area contributed by atoms with E-state index in [1.807, 2.05) is 0 Å². The summed E-state index contributed by atoms with van der Waals surface area (Å²) in [6.07, 6.45) is 0. The molecule has 2 atom stereocenters. The van der Waals surface area contributed by atoms with E-state index in [0.29, 0.717) is 0 Å². The van der Waals surface area contributed by atoms with E-state index in [1.165, 1.54) is 19.5 Å². The van der Waals surface area contributed by atoms with Crippen LogP contribution >= 0.6 is 22.9 Å². The highest BCUT2D eigenvalue weighted by Crippen LogP contribution is 2.17. The molecule has 1 aliphatic heterocycles. The van der Waals surface area contributed by atoms with Crippen molar-refractivity contribution in [2.75, 3.05) is 25.4 Å². The number of halogens is 1. The minimum absolute atomic E-state index is 0.121. The van der Waals surface area contributed by atoms with Crippen molar-refractivity contribution >= 4 is 57.4 Å². The minimum Gasteiger partial charge on any atom is -0.398 e. The maximum absolute atomic E-state index is 12.4. The monoisotopic (exact) mass is 402 g/mol. The average molecular weight is 403 g/mol. The summed E-state index contributed by atoms with van der Waals surface area (Å²) in [4.78, 5) is 55.7. The third-order valence-electron chi connectivity index (χ3n) is 3.24. The van der Waals surface area contributed by atoms with E-state index < -0.39 is 35.7 Å². The number of carbonyl (C=O) groups excluding carboxylic acids is 4. The topological polar surface area (TPSA) is 151 Å². The molecular weight excluding hydrogens is 388 g/mol. The third-order valence-corrected chi connectivity index (χ3v) is 4.24. The number of hydrogen-bond donors (Lipinski definition) is 4. The lowest BCUT2D eigenvalue weighted by Crippen LogP contribution is -2.73. The van der Waals surface area contributed by atoms with Gasteiger partial charge in [-0.3, -0.25) is 19.2 Å². The number of aromatic nitrogens is 1. The molecule has 1 fully saturated rings. The Morgan fingerprint density at radius 2 is 2.19 bits per heavy atom. The molecule has 0 unspecified atom stereocenters. The van der Waals surface area contributed by atoms with Gasteiger partial charge in [0.05, 0.1) is 0 Å². The van der Waals surface area contributed by atoms with Gasteiger partial charge >= 0.3 is 0 Å². The van der Waals surface area contributed by atoms with Gasteiger partial charge in [0.2, 0.25) is 17.7 Å². The number of nitrogens with one attached hydrogen (secondary N) is 4.